The molecule has 2 N–H and O–H groups in total. The number of aryl methyl sites for hydroxylation is 1. The Morgan fingerprint density at radius 2 is 2.00 bits per heavy atom. The van der Waals surface area contributed by atoms with Gasteiger partial charge in [0, 0.05) is 10.4 Å². The number of amides is 1. The molecule has 0 saturated carbocycles. The fourth-order valence-corrected chi connectivity index (χ4v) is 4.27. The number of aromatic hydroxyl groups is 1. The zero-order chi connectivity index (χ0) is 18.7. The first-order valence-corrected chi connectivity index (χ1v) is 9.19. The van der Waals surface area contributed by atoms with Crippen molar-refractivity contribution in [2.24, 2.45) is 0 Å². The molecule has 5 nitrogen and oxygen atoms in total. The largest absolute Gasteiger partial charge is 0.507 e. The average molecular weight is 366 g/mol. The van der Waals surface area contributed by atoms with Crippen molar-refractivity contribution in [3.05, 3.63) is 51.4 Å². The number of rotatable bonds is 4. The molecule has 1 aliphatic rings. The minimum Gasteiger partial charge on any atom is -0.507 e. The summed E-state index contributed by atoms with van der Waals surface area (Å²) >= 11 is 1.41. The van der Waals surface area contributed by atoms with Crippen LogP contribution in [0.15, 0.2) is 29.8 Å². The number of hydrogen-bond acceptors (Lipinski definition) is 5. The van der Waals surface area contributed by atoms with Crippen molar-refractivity contribution in [1.29, 1.82) is 5.26 Å². The maximum atomic E-state index is 12.7. The van der Waals surface area contributed by atoms with Crippen LogP contribution < -0.4 is 5.32 Å². The molecule has 0 spiro atoms. The van der Waals surface area contributed by atoms with Crippen LogP contribution in [-0.2, 0) is 22.4 Å². The zero-order valence-electron chi connectivity index (χ0n) is 14.3. The first-order chi connectivity index (χ1) is 12.5. The quantitative estimate of drug-likeness (QED) is 0.489. The lowest BCUT2D eigenvalue weighted by Crippen LogP contribution is -2.18. The third-order valence-electron chi connectivity index (χ3n) is 4.37. The van der Waals surface area contributed by atoms with Crippen LogP contribution in [0, 0.1) is 11.3 Å². The van der Waals surface area contributed by atoms with Crippen molar-refractivity contribution in [3.8, 4) is 11.8 Å². The minimum atomic E-state index is -0.573. The van der Waals surface area contributed by atoms with Crippen LogP contribution in [0.4, 0.5) is 5.00 Å². The maximum absolute atomic E-state index is 12.7. The number of para-hydroxylation sites is 1. The lowest BCUT2D eigenvalue weighted by Gasteiger charge is -2.09. The summed E-state index contributed by atoms with van der Waals surface area (Å²) in [6.45, 7) is 1.30. The molecule has 1 amide bonds. The van der Waals surface area contributed by atoms with Crippen molar-refractivity contribution >= 4 is 34.1 Å². The molecule has 1 aromatic heterocycles. The highest BCUT2D eigenvalue weighted by Gasteiger charge is 2.23. The van der Waals surface area contributed by atoms with Gasteiger partial charge < -0.3 is 10.4 Å². The standard InChI is InChI=1S/C20H18N2O3S/c1-12(23)15(10-13-6-2-4-8-17(13)24)19(25)22-20-16(11-21)14-7-3-5-9-18(14)26-20/h2,4,6,8,10,24H,3,5,7,9H2,1H3,(H,22,25)/b15-10+. The van der Waals surface area contributed by atoms with E-state index in [2.05, 4.69) is 11.4 Å². The van der Waals surface area contributed by atoms with Crippen molar-refractivity contribution in [1.82, 2.24) is 0 Å². The number of nitrogens with one attached hydrogen (secondary N) is 1. The monoisotopic (exact) mass is 366 g/mol. The Kier molecular flexibility index (Phi) is 5.19. The van der Waals surface area contributed by atoms with E-state index in [9.17, 15) is 20.0 Å². The van der Waals surface area contributed by atoms with Crippen molar-refractivity contribution in [3.63, 3.8) is 0 Å². The van der Waals surface area contributed by atoms with E-state index in [0.29, 0.717) is 16.1 Å². The van der Waals surface area contributed by atoms with Gasteiger partial charge in [0.25, 0.3) is 5.91 Å². The van der Waals surface area contributed by atoms with E-state index in [0.717, 1.165) is 36.1 Å². The van der Waals surface area contributed by atoms with E-state index in [-0.39, 0.29) is 11.3 Å². The summed E-state index contributed by atoms with van der Waals surface area (Å²) < 4.78 is 0. The van der Waals surface area contributed by atoms with E-state index in [1.807, 2.05) is 0 Å². The summed E-state index contributed by atoms with van der Waals surface area (Å²) in [7, 11) is 0. The highest BCUT2D eigenvalue weighted by atomic mass is 32.1. The number of nitrogens with zero attached hydrogens (tertiary/aromatic N) is 1. The Morgan fingerprint density at radius 1 is 1.27 bits per heavy atom. The van der Waals surface area contributed by atoms with Crippen LogP contribution in [0.25, 0.3) is 6.08 Å². The number of thiophene rings is 1. The number of benzene rings is 1. The maximum Gasteiger partial charge on any atom is 0.259 e. The summed E-state index contributed by atoms with van der Waals surface area (Å²) in [5.74, 6) is -0.996. The lowest BCUT2D eigenvalue weighted by molar-refractivity contribution is -0.118. The number of hydrogen-bond donors (Lipinski definition) is 2. The number of fused-ring (bicyclic) bond motifs is 1. The van der Waals surface area contributed by atoms with Gasteiger partial charge in [-0.15, -0.1) is 11.3 Å². The number of phenolic OH excluding ortho intramolecular Hbond substituents is 1. The third kappa shape index (κ3) is 3.53. The van der Waals surface area contributed by atoms with Gasteiger partial charge in [-0.3, -0.25) is 9.59 Å². The van der Waals surface area contributed by atoms with Gasteiger partial charge in [0.1, 0.15) is 16.8 Å². The second-order valence-corrected chi connectivity index (χ2v) is 7.26. The number of anilines is 1. The normalized spacial score (nSPS) is 13.6. The number of Topliss-reactive ketones (excluding diaryl/α,β-unsaturated/α-hetero) is 1. The van der Waals surface area contributed by atoms with Crippen molar-refractivity contribution in [2.45, 2.75) is 32.6 Å². The molecule has 26 heavy (non-hydrogen) atoms. The van der Waals surface area contributed by atoms with Crippen molar-refractivity contribution in [2.75, 3.05) is 5.32 Å². The molecule has 0 fully saturated rings. The summed E-state index contributed by atoms with van der Waals surface area (Å²) in [4.78, 5) is 25.8. The zero-order valence-corrected chi connectivity index (χ0v) is 15.2. The lowest BCUT2D eigenvalue weighted by atomic mass is 9.96. The number of nitriles is 1. The Morgan fingerprint density at radius 3 is 2.69 bits per heavy atom. The van der Waals surface area contributed by atoms with Gasteiger partial charge in [-0.2, -0.15) is 5.26 Å². The van der Waals surface area contributed by atoms with Gasteiger partial charge in [0.15, 0.2) is 5.78 Å². The van der Waals surface area contributed by atoms with Gasteiger partial charge >= 0.3 is 0 Å². The highest BCUT2D eigenvalue weighted by molar-refractivity contribution is 7.16. The van der Waals surface area contributed by atoms with Crippen LogP contribution in [0.3, 0.4) is 0 Å². The van der Waals surface area contributed by atoms with Gasteiger partial charge in [0.05, 0.1) is 11.1 Å². The van der Waals surface area contributed by atoms with Crippen LogP contribution in [0.5, 0.6) is 5.75 Å². The summed E-state index contributed by atoms with van der Waals surface area (Å²) in [5, 5.41) is 22.6. The van der Waals surface area contributed by atoms with Gasteiger partial charge in [0.2, 0.25) is 0 Å². The van der Waals surface area contributed by atoms with Gasteiger partial charge in [-0.1, -0.05) is 18.2 Å². The molecule has 0 radical (unpaired) electrons. The average Bonchev–Trinajstić information content (AvgIpc) is 2.97. The van der Waals surface area contributed by atoms with Crippen LogP contribution in [0.2, 0.25) is 0 Å². The number of carbonyl (C=O) groups excluding carboxylic acids is 2. The second kappa shape index (κ2) is 7.54. The van der Waals surface area contributed by atoms with Crippen LogP contribution >= 0.6 is 11.3 Å². The topological polar surface area (TPSA) is 90.2 Å². The fraction of sp³-hybridized carbons (Fsp3) is 0.250. The molecule has 1 heterocycles. The highest BCUT2D eigenvalue weighted by Crippen LogP contribution is 2.37. The SMILES string of the molecule is CC(=O)/C(=C\c1ccccc1O)C(=O)Nc1sc2c(c1C#N)CCCC2. The minimum absolute atomic E-state index is 0.0108. The Balaban J connectivity index is 1.93. The number of ketones is 1. The fourth-order valence-electron chi connectivity index (χ4n) is 3.03. The molecule has 1 aromatic carbocycles. The first-order valence-electron chi connectivity index (χ1n) is 8.38. The van der Waals surface area contributed by atoms with E-state index in [4.69, 9.17) is 0 Å². The Bertz CT molecular complexity index is 950. The molecular weight excluding hydrogens is 348 g/mol. The van der Waals surface area contributed by atoms with Gasteiger partial charge in [-0.05, 0) is 50.3 Å². The molecule has 3 rings (SSSR count). The van der Waals surface area contributed by atoms with Gasteiger partial charge in [-0.25, -0.2) is 0 Å². The van der Waals surface area contributed by atoms with E-state index in [1.165, 1.54) is 30.4 Å². The molecule has 2 aromatic rings. The Hall–Kier alpha value is -2.91. The third-order valence-corrected chi connectivity index (χ3v) is 5.58. The number of carbonyl (C=O) groups is 2. The predicted molar refractivity (Wildman–Crippen MR) is 101 cm³/mol. The summed E-state index contributed by atoms with van der Waals surface area (Å²) in [6.07, 6.45) is 5.25. The molecule has 0 atom stereocenters. The Labute approximate surface area is 155 Å². The summed E-state index contributed by atoms with van der Waals surface area (Å²) in [6, 6.07) is 8.67. The van der Waals surface area contributed by atoms with Crippen molar-refractivity contribution < 1.29 is 14.7 Å². The van der Waals surface area contributed by atoms with Crippen LogP contribution in [-0.4, -0.2) is 16.8 Å². The van der Waals surface area contributed by atoms with E-state index in [1.54, 1.807) is 18.2 Å². The molecule has 0 saturated heterocycles. The molecule has 0 unspecified atom stereocenters. The van der Waals surface area contributed by atoms with E-state index >= 15 is 0 Å². The molecule has 0 bridgehead atoms. The molecule has 6 heteroatoms. The van der Waals surface area contributed by atoms with Crippen LogP contribution in [0.1, 0.15) is 41.3 Å². The molecule has 1 aliphatic carbocycles. The molecule has 132 valence electrons. The van der Waals surface area contributed by atoms with E-state index < -0.39 is 11.7 Å². The first kappa shape index (κ1) is 17.9. The smallest absolute Gasteiger partial charge is 0.259 e. The molecule has 0 aliphatic heterocycles. The number of phenols is 1. The predicted octanol–water partition coefficient (Wildman–Crippen LogP) is 3.82. The summed E-state index contributed by atoms with van der Waals surface area (Å²) in [5.41, 5.74) is 1.84. The molecular formula is C20H18N2O3S. The second-order valence-electron chi connectivity index (χ2n) is 6.15.